The van der Waals surface area contributed by atoms with Crippen LogP contribution in [0, 0.1) is 6.92 Å². The zero-order valence-electron chi connectivity index (χ0n) is 16.2. The first kappa shape index (κ1) is 18.6. The van der Waals surface area contributed by atoms with E-state index in [1.165, 1.54) is 0 Å². The largest absolute Gasteiger partial charge is 0.420 e. The van der Waals surface area contributed by atoms with Crippen molar-refractivity contribution < 1.29 is 17.6 Å². The van der Waals surface area contributed by atoms with Crippen LogP contribution in [0.25, 0.3) is 5.70 Å². The third-order valence-corrected chi connectivity index (χ3v) is 6.95. The first-order chi connectivity index (χ1) is 13.8. The summed E-state index contributed by atoms with van der Waals surface area (Å²) in [5, 5.41) is 9.72. The molecule has 1 aromatic heterocycles. The molecular formula is C17H23N7O4S. The lowest BCUT2D eigenvalue weighted by atomic mass is 10.2. The van der Waals surface area contributed by atoms with Crippen molar-refractivity contribution in [2.75, 3.05) is 26.3 Å². The quantitative estimate of drug-likeness (QED) is 0.594. The SMILES string of the molecule is Cc1nnc(C2=C3C=C(S(=O)(=O)NC4(C)CC4)C=C(N4CCOCC4)N3NN2)o1. The van der Waals surface area contributed by atoms with Crippen molar-refractivity contribution in [3.8, 4) is 0 Å². The number of nitrogens with one attached hydrogen (secondary N) is 3. The van der Waals surface area contributed by atoms with E-state index in [0.29, 0.717) is 49.4 Å². The van der Waals surface area contributed by atoms with Crippen LogP contribution in [0.2, 0.25) is 0 Å². The molecule has 4 heterocycles. The molecule has 12 heteroatoms. The van der Waals surface area contributed by atoms with E-state index in [4.69, 9.17) is 9.15 Å². The van der Waals surface area contributed by atoms with Crippen LogP contribution in [-0.2, 0) is 14.8 Å². The van der Waals surface area contributed by atoms with Crippen molar-refractivity contribution >= 4 is 15.7 Å². The summed E-state index contributed by atoms with van der Waals surface area (Å²) in [5.74, 6) is 1.42. The van der Waals surface area contributed by atoms with E-state index in [-0.39, 0.29) is 16.3 Å². The van der Waals surface area contributed by atoms with Gasteiger partial charge in [0.05, 0.1) is 23.8 Å². The minimum absolute atomic E-state index is 0.192. The molecule has 0 bridgehead atoms. The van der Waals surface area contributed by atoms with Crippen molar-refractivity contribution in [1.82, 2.24) is 35.8 Å². The highest BCUT2D eigenvalue weighted by Crippen LogP contribution is 2.38. The number of aromatic nitrogens is 2. The highest BCUT2D eigenvalue weighted by molar-refractivity contribution is 7.93. The second kappa shape index (κ2) is 6.55. The Hall–Kier alpha value is -2.41. The van der Waals surface area contributed by atoms with Crippen LogP contribution in [0.15, 0.2) is 33.0 Å². The Morgan fingerprint density at radius 2 is 1.97 bits per heavy atom. The maximum atomic E-state index is 13.1. The number of aryl methyl sites for hydroxylation is 1. The molecule has 0 unspecified atom stereocenters. The Bertz CT molecular complexity index is 1030. The molecule has 0 radical (unpaired) electrons. The van der Waals surface area contributed by atoms with Gasteiger partial charge in [-0.2, -0.15) is 0 Å². The average molecular weight is 421 g/mol. The van der Waals surface area contributed by atoms with Crippen molar-refractivity contribution in [3.05, 3.63) is 40.4 Å². The maximum Gasteiger partial charge on any atom is 0.267 e. The van der Waals surface area contributed by atoms with E-state index in [9.17, 15) is 8.42 Å². The molecule has 1 aliphatic carbocycles. The molecule has 0 aromatic carbocycles. The van der Waals surface area contributed by atoms with Gasteiger partial charge in [-0.1, -0.05) is 0 Å². The van der Waals surface area contributed by atoms with Crippen LogP contribution in [0.1, 0.15) is 31.5 Å². The molecule has 1 saturated heterocycles. The minimum Gasteiger partial charge on any atom is -0.420 e. The number of nitrogens with zero attached hydrogens (tertiary/aromatic N) is 4. The van der Waals surface area contributed by atoms with E-state index in [0.717, 1.165) is 12.8 Å². The van der Waals surface area contributed by atoms with E-state index in [1.54, 1.807) is 24.1 Å². The fourth-order valence-corrected chi connectivity index (χ4v) is 4.95. The van der Waals surface area contributed by atoms with E-state index in [1.807, 2.05) is 6.92 Å². The van der Waals surface area contributed by atoms with Crippen molar-refractivity contribution in [3.63, 3.8) is 0 Å². The first-order valence-electron chi connectivity index (χ1n) is 9.51. The van der Waals surface area contributed by atoms with Crippen molar-refractivity contribution in [2.24, 2.45) is 0 Å². The lowest BCUT2D eigenvalue weighted by molar-refractivity contribution is 0.0363. The van der Waals surface area contributed by atoms with Gasteiger partial charge in [0.15, 0.2) is 0 Å². The van der Waals surface area contributed by atoms with Gasteiger partial charge in [-0.15, -0.1) is 15.7 Å². The number of hydrazine groups is 2. The summed E-state index contributed by atoms with van der Waals surface area (Å²) in [4.78, 5) is 2.28. The number of allylic oxidation sites excluding steroid dienone is 2. The predicted octanol–water partition coefficient (Wildman–Crippen LogP) is -0.0856. The van der Waals surface area contributed by atoms with Gasteiger partial charge in [0.25, 0.3) is 5.89 Å². The molecule has 11 nitrogen and oxygen atoms in total. The summed E-state index contributed by atoms with van der Waals surface area (Å²) in [6.07, 6.45) is 4.97. The third kappa shape index (κ3) is 3.41. The summed E-state index contributed by atoms with van der Waals surface area (Å²) < 4.78 is 40.0. The second-order valence-corrected chi connectivity index (χ2v) is 9.46. The summed E-state index contributed by atoms with van der Waals surface area (Å²) in [7, 11) is -3.70. The van der Waals surface area contributed by atoms with Crippen LogP contribution in [-0.4, -0.2) is 60.4 Å². The number of fused-ring (bicyclic) bond motifs is 1. The Morgan fingerprint density at radius 3 is 2.62 bits per heavy atom. The first-order valence-corrected chi connectivity index (χ1v) is 11.0. The van der Waals surface area contributed by atoms with Crippen LogP contribution in [0.5, 0.6) is 0 Å². The van der Waals surface area contributed by atoms with Gasteiger partial charge in [-0.3, -0.25) is 5.43 Å². The van der Waals surface area contributed by atoms with Crippen LogP contribution in [0.4, 0.5) is 0 Å². The monoisotopic (exact) mass is 421 g/mol. The molecule has 3 aliphatic heterocycles. The zero-order chi connectivity index (χ0) is 20.2. The second-order valence-electron chi connectivity index (χ2n) is 7.77. The molecule has 156 valence electrons. The van der Waals surface area contributed by atoms with Gasteiger partial charge < -0.3 is 14.1 Å². The third-order valence-electron chi connectivity index (χ3n) is 5.34. The fourth-order valence-electron chi connectivity index (χ4n) is 3.45. The molecule has 0 spiro atoms. The van der Waals surface area contributed by atoms with Gasteiger partial charge in [0.1, 0.15) is 11.5 Å². The summed E-state index contributed by atoms with van der Waals surface area (Å²) in [6, 6.07) is 0. The number of sulfonamides is 1. The highest BCUT2D eigenvalue weighted by atomic mass is 32.2. The Kier molecular flexibility index (Phi) is 4.21. The van der Waals surface area contributed by atoms with Crippen LogP contribution >= 0.6 is 0 Å². The van der Waals surface area contributed by atoms with Gasteiger partial charge in [-0.25, -0.2) is 18.1 Å². The number of hydrogen-bond acceptors (Lipinski definition) is 10. The van der Waals surface area contributed by atoms with E-state index >= 15 is 0 Å². The smallest absolute Gasteiger partial charge is 0.267 e. The van der Waals surface area contributed by atoms with E-state index in [2.05, 4.69) is 30.8 Å². The Balaban J connectivity index is 1.59. The van der Waals surface area contributed by atoms with Gasteiger partial charge in [0.2, 0.25) is 15.9 Å². The van der Waals surface area contributed by atoms with Crippen molar-refractivity contribution in [1.29, 1.82) is 0 Å². The molecule has 1 saturated carbocycles. The van der Waals surface area contributed by atoms with Gasteiger partial charge in [-0.05, 0) is 25.8 Å². The number of rotatable bonds is 5. The maximum absolute atomic E-state index is 13.1. The summed E-state index contributed by atoms with van der Waals surface area (Å²) in [6.45, 7) is 6.09. The van der Waals surface area contributed by atoms with E-state index < -0.39 is 10.0 Å². The topological polar surface area (TPSA) is 125 Å². The average Bonchev–Trinajstić information content (AvgIpc) is 3.07. The molecule has 29 heavy (non-hydrogen) atoms. The Morgan fingerprint density at radius 1 is 1.21 bits per heavy atom. The minimum atomic E-state index is -3.70. The van der Waals surface area contributed by atoms with Crippen LogP contribution < -0.4 is 15.7 Å². The molecule has 0 amide bonds. The van der Waals surface area contributed by atoms with Crippen LogP contribution in [0.3, 0.4) is 0 Å². The highest BCUT2D eigenvalue weighted by Gasteiger charge is 2.43. The number of ether oxygens (including phenoxy) is 1. The van der Waals surface area contributed by atoms with Gasteiger partial charge >= 0.3 is 0 Å². The fraction of sp³-hybridized carbons (Fsp3) is 0.529. The standard InChI is InChI=1S/C17H23N7O4S/c1-11-18-20-16(28-11)15-13-9-12(29(25,26)21-17(2)3-4-17)10-14(24(13)22-19-15)23-5-7-27-8-6-23/h9-10,19,21-22H,3-8H2,1-2H3. The summed E-state index contributed by atoms with van der Waals surface area (Å²) in [5.41, 5.74) is 6.85. The van der Waals surface area contributed by atoms with Crippen molar-refractivity contribution in [2.45, 2.75) is 32.2 Å². The summed E-state index contributed by atoms with van der Waals surface area (Å²) >= 11 is 0. The Labute approximate surface area is 168 Å². The molecule has 5 rings (SSSR count). The number of hydrogen-bond donors (Lipinski definition) is 3. The predicted molar refractivity (Wildman–Crippen MR) is 102 cm³/mol. The van der Waals surface area contributed by atoms with Gasteiger partial charge in [0, 0.05) is 31.6 Å². The molecular weight excluding hydrogens is 398 g/mol. The molecule has 4 aliphatic rings. The lowest BCUT2D eigenvalue weighted by Gasteiger charge is -2.37. The molecule has 3 N–H and O–H groups in total. The molecule has 0 atom stereocenters. The number of morpholine rings is 1. The molecule has 2 fully saturated rings. The zero-order valence-corrected chi connectivity index (χ0v) is 17.0. The lowest BCUT2D eigenvalue weighted by Crippen LogP contribution is -2.47. The molecule has 1 aromatic rings. The normalized spacial score (nSPS) is 23.5.